The quantitative estimate of drug-likeness (QED) is 0.728. The van der Waals surface area contributed by atoms with Crippen molar-refractivity contribution in [3.8, 4) is 0 Å². The molecular weight excluding hydrogens is 344 g/mol. The molecule has 1 aromatic rings. The maximum Gasteiger partial charge on any atom is 0.273 e. The molecule has 2 fully saturated rings. The predicted octanol–water partition coefficient (Wildman–Crippen LogP) is 0.671. The first kappa shape index (κ1) is 18.3. The largest absolute Gasteiger partial charge is 0.360 e. The summed E-state index contributed by atoms with van der Waals surface area (Å²) >= 11 is 0. The summed E-state index contributed by atoms with van der Waals surface area (Å²) in [6, 6.07) is 1.64. The molecule has 3 N–H and O–H groups in total. The number of sulfonamides is 1. The van der Waals surface area contributed by atoms with Crippen molar-refractivity contribution in [3.05, 3.63) is 17.5 Å². The van der Waals surface area contributed by atoms with E-state index in [1.165, 1.54) is 4.31 Å². The number of rotatable bonds is 7. The monoisotopic (exact) mass is 370 g/mol. The van der Waals surface area contributed by atoms with Crippen molar-refractivity contribution in [1.29, 1.82) is 0 Å². The number of carbonyl (C=O) groups excluding carboxylic acids is 1. The molecule has 140 valence electrons. The minimum Gasteiger partial charge on any atom is -0.360 e. The van der Waals surface area contributed by atoms with Gasteiger partial charge in [0.25, 0.3) is 5.91 Å². The van der Waals surface area contributed by atoms with Crippen LogP contribution in [0.1, 0.15) is 54.8 Å². The van der Waals surface area contributed by atoms with Gasteiger partial charge in [0.05, 0.1) is 5.75 Å². The Morgan fingerprint density at radius 2 is 2.20 bits per heavy atom. The van der Waals surface area contributed by atoms with Crippen LogP contribution in [0.2, 0.25) is 0 Å². The second-order valence-electron chi connectivity index (χ2n) is 7.05. The second kappa shape index (κ2) is 7.43. The minimum atomic E-state index is -3.27. The van der Waals surface area contributed by atoms with Crippen LogP contribution in [0.25, 0.3) is 0 Å². The van der Waals surface area contributed by atoms with Crippen LogP contribution in [-0.4, -0.2) is 55.2 Å². The van der Waals surface area contributed by atoms with Gasteiger partial charge in [0, 0.05) is 31.1 Å². The summed E-state index contributed by atoms with van der Waals surface area (Å²) in [6.07, 6.45) is 3.22. The van der Waals surface area contributed by atoms with E-state index in [0.29, 0.717) is 44.1 Å². The van der Waals surface area contributed by atoms with Gasteiger partial charge in [-0.15, -0.1) is 0 Å². The maximum atomic E-state index is 12.4. The van der Waals surface area contributed by atoms with E-state index in [-0.39, 0.29) is 23.6 Å². The van der Waals surface area contributed by atoms with E-state index in [2.05, 4.69) is 10.5 Å². The Morgan fingerprint density at radius 1 is 1.44 bits per heavy atom. The maximum absolute atomic E-state index is 12.4. The van der Waals surface area contributed by atoms with Gasteiger partial charge in [0.1, 0.15) is 5.76 Å². The molecule has 3 rings (SSSR count). The highest BCUT2D eigenvalue weighted by Gasteiger charge is 2.34. The van der Waals surface area contributed by atoms with Crippen LogP contribution in [0.15, 0.2) is 10.6 Å². The predicted molar refractivity (Wildman–Crippen MR) is 92.5 cm³/mol. The smallest absolute Gasteiger partial charge is 0.273 e. The fraction of sp³-hybridized carbons (Fsp3) is 0.750. The first-order valence-electron chi connectivity index (χ1n) is 8.86. The fourth-order valence-corrected chi connectivity index (χ4v) is 4.80. The van der Waals surface area contributed by atoms with Crippen molar-refractivity contribution < 1.29 is 17.7 Å². The van der Waals surface area contributed by atoms with Crippen LogP contribution < -0.4 is 11.1 Å². The molecule has 0 spiro atoms. The van der Waals surface area contributed by atoms with E-state index < -0.39 is 10.0 Å². The molecule has 0 unspecified atom stereocenters. The summed E-state index contributed by atoms with van der Waals surface area (Å²) in [4.78, 5) is 12.4. The fourth-order valence-electron chi connectivity index (χ4n) is 3.17. The molecule has 1 aliphatic carbocycles. The third-order valence-electron chi connectivity index (χ3n) is 4.93. The van der Waals surface area contributed by atoms with Gasteiger partial charge in [0.15, 0.2) is 5.69 Å². The van der Waals surface area contributed by atoms with Gasteiger partial charge in [-0.1, -0.05) is 12.1 Å². The lowest BCUT2D eigenvalue weighted by Crippen LogP contribution is -2.52. The van der Waals surface area contributed by atoms with Crippen molar-refractivity contribution in [3.63, 3.8) is 0 Å². The molecule has 1 saturated heterocycles. The molecule has 2 heterocycles. The lowest BCUT2D eigenvalue weighted by atomic mass is 9.95. The number of carbonyl (C=O) groups is 1. The molecular formula is C16H26N4O4S. The summed E-state index contributed by atoms with van der Waals surface area (Å²) < 4.78 is 31.3. The van der Waals surface area contributed by atoms with Crippen molar-refractivity contribution in [2.24, 2.45) is 11.7 Å². The Labute approximate surface area is 148 Å². The lowest BCUT2D eigenvalue weighted by molar-refractivity contribution is 0.0892. The van der Waals surface area contributed by atoms with E-state index >= 15 is 0 Å². The third kappa shape index (κ3) is 4.39. The van der Waals surface area contributed by atoms with Crippen molar-refractivity contribution in [1.82, 2.24) is 14.8 Å². The first-order chi connectivity index (χ1) is 11.9. The first-order valence-corrected chi connectivity index (χ1v) is 10.5. The number of nitrogens with two attached hydrogens (primary N) is 1. The second-order valence-corrected chi connectivity index (χ2v) is 9.14. The number of piperidine rings is 1. The molecule has 2 atom stereocenters. The van der Waals surface area contributed by atoms with Gasteiger partial charge in [-0.2, -0.15) is 0 Å². The summed E-state index contributed by atoms with van der Waals surface area (Å²) in [5.74, 6) is 1.04. The van der Waals surface area contributed by atoms with Crippen molar-refractivity contribution >= 4 is 15.9 Å². The van der Waals surface area contributed by atoms with Crippen LogP contribution in [0.4, 0.5) is 0 Å². The van der Waals surface area contributed by atoms with Gasteiger partial charge in [-0.05, 0) is 38.1 Å². The number of nitrogens with zero attached hydrogens (tertiary/aromatic N) is 2. The molecule has 2 aliphatic rings. The molecule has 1 aromatic heterocycles. The molecule has 0 radical (unpaired) electrons. The third-order valence-corrected chi connectivity index (χ3v) is 6.85. The Kier molecular flexibility index (Phi) is 5.45. The van der Waals surface area contributed by atoms with E-state index in [1.54, 1.807) is 6.07 Å². The highest BCUT2D eigenvalue weighted by molar-refractivity contribution is 7.89. The average molecular weight is 370 g/mol. The molecule has 8 nitrogen and oxygen atoms in total. The normalized spacial score (nSPS) is 25.0. The number of nitrogens with one attached hydrogen (secondary N) is 1. The van der Waals surface area contributed by atoms with E-state index in [4.69, 9.17) is 10.3 Å². The summed E-state index contributed by atoms with van der Waals surface area (Å²) in [6.45, 7) is 3.13. The topological polar surface area (TPSA) is 119 Å². The van der Waals surface area contributed by atoms with Crippen LogP contribution in [0, 0.1) is 5.92 Å². The summed E-state index contributed by atoms with van der Waals surface area (Å²) in [7, 11) is -3.27. The molecule has 1 amide bonds. The minimum absolute atomic E-state index is 0.0279. The molecule has 25 heavy (non-hydrogen) atoms. The average Bonchev–Trinajstić information content (AvgIpc) is 3.31. The zero-order valence-electron chi connectivity index (χ0n) is 14.5. The summed E-state index contributed by atoms with van der Waals surface area (Å²) in [5.41, 5.74) is 5.70. The number of amides is 1. The Hall–Kier alpha value is -1.45. The zero-order chi connectivity index (χ0) is 18.0. The van der Waals surface area contributed by atoms with Gasteiger partial charge in [-0.25, -0.2) is 12.7 Å². The van der Waals surface area contributed by atoms with Crippen LogP contribution >= 0.6 is 0 Å². The standard InChI is InChI=1S/C16H26N4O4S/c1-11-10-20(25(22,23)8-2-6-17)7-5-13(11)18-16(21)14-9-15(24-19-14)12-3-4-12/h9,11-13H,2-8,10,17H2,1H3,(H,18,21)/t11-,13-/m0/s1. The zero-order valence-corrected chi connectivity index (χ0v) is 15.3. The number of aromatic nitrogens is 1. The van der Waals surface area contributed by atoms with E-state index in [1.807, 2.05) is 6.92 Å². The molecule has 9 heteroatoms. The Balaban J connectivity index is 1.55. The molecule has 1 saturated carbocycles. The van der Waals surface area contributed by atoms with Crippen LogP contribution in [-0.2, 0) is 10.0 Å². The Bertz CT molecular complexity index is 713. The Morgan fingerprint density at radius 3 is 2.84 bits per heavy atom. The van der Waals surface area contributed by atoms with Crippen LogP contribution in [0.5, 0.6) is 0 Å². The van der Waals surface area contributed by atoms with Crippen molar-refractivity contribution in [2.75, 3.05) is 25.4 Å². The van der Waals surface area contributed by atoms with Gasteiger partial charge in [-0.3, -0.25) is 4.79 Å². The van der Waals surface area contributed by atoms with Crippen molar-refractivity contribution in [2.45, 2.75) is 44.6 Å². The summed E-state index contributed by atoms with van der Waals surface area (Å²) in [5, 5.41) is 6.82. The van der Waals surface area contributed by atoms with Gasteiger partial charge >= 0.3 is 0 Å². The number of hydrogen-bond acceptors (Lipinski definition) is 6. The SMILES string of the molecule is C[C@H]1CN(S(=O)(=O)CCCN)CC[C@@H]1NC(=O)c1cc(C2CC2)on1. The van der Waals surface area contributed by atoms with E-state index in [9.17, 15) is 13.2 Å². The van der Waals surface area contributed by atoms with E-state index in [0.717, 1.165) is 18.6 Å². The molecule has 0 bridgehead atoms. The highest BCUT2D eigenvalue weighted by atomic mass is 32.2. The van der Waals surface area contributed by atoms with Gasteiger partial charge < -0.3 is 15.6 Å². The number of hydrogen-bond donors (Lipinski definition) is 2. The molecule has 0 aromatic carbocycles. The lowest BCUT2D eigenvalue weighted by Gasteiger charge is -2.36. The molecule has 1 aliphatic heterocycles. The highest BCUT2D eigenvalue weighted by Crippen LogP contribution is 2.40. The van der Waals surface area contributed by atoms with Gasteiger partial charge in [0.2, 0.25) is 10.0 Å². The van der Waals surface area contributed by atoms with Crippen LogP contribution in [0.3, 0.4) is 0 Å².